The Hall–Kier alpha value is -1.75. The molecule has 24 heavy (non-hydrogen) atoms. The molecule has 0 spiro atoms. The average molecular weight is 332 g/mol. The number of piperidine rings is 1. The maximum Gasteiger partial charge on any atom is 0.317 e. The summed E-state index contributed by atoms with van der Waals surface area (Å²) in [5, 5.41) is 22.9. The van der Waals surface area contributed by atoms with E-state index in [1.165, 1.54) is 0 Å². The van der Waals surface area contributed by atoms with Gasteiger partial charge in [-0.1, -0.05) is 25.0 Å². The summed E-state index contributed by atoms with van der Waals surface area (Å²) in [5.74, 6) is 0.516. The van der Waals surface area contributed by atoms with Crippen molar-refractivity contribution in [2.75, 3.05) is 19.6 Å². The highest BCUT2D eigenvalue weighted by atomic mass is 16.3. The summed E-state index contributed by atoms with van der Waals surface area (Å²) in [6.45, 7) is 1.97. The number of phenolic OH excluding ortho intramolecular Hbond substituents is 1. The SMILES string of the molecule is O=C(NCCCc1ccc(O)cc1)N1CCC2(O)CCCCC2C1. The fraction of sp³-hybridized carbons (Fsp3) is 0.632. The monoisotopic (exact) mass is 332 g/mol. The summed E-state index contributed by atoms with van der Waals surface area (Å²) in [4.78, 5) is 14.2. The van der Waals surface area contributed by atoms with E-state index in [2.05, 4.69) is 5.32 Å². The molecule has 1 aromatic rings. The highest BCUT2D eigenvalue weighted by Crippen LogP contribution is 2.39. The second kappa shape index (κ2) is 7.43. The standard InChI is InChI=1S/C19H28N2O3/c22-17-8-6-15(7-9-17)4-3-12-20-18(23)21-13-11-19(24)10-2-1-5-16(19)14-21/h6-9,16,22,24H,1-5,10-14H2,(H,20,23). The fourth-order valence-corrected chi connectivity index (χ4v) is 4.02. The first-order valence-electron chi connectivity index (χ1n) is 9.10. The van der Waals surface area contributed by atoms with Crippen LogP contribution in [0.15, 0.2) is 24.3 Å². The molecule has 0 bridgehead atoms. The first kappa shape index (κ1) is 17.1. The van der Waals surface area contributed by atoms with Crippen LogP contribution in [0.3, 0.4) is 0 Å². The number of aryl methyl sites for hydroxylation is 1. The van der Waals surface area contributed by atoms with Gasteiger partial charge in [0, 0.05) is 25.6 Å². The van der Waals surface area contributed by atoms with Gasteiger partial charge in [-0.3, -0.25) is 0 Å². The molecule has 1 aliphatic heterocycles. The molecule has 1 aromatic carbocycles. The first-order valence-corrected chi connectivity index (χ1v) is 9.10. The molecule has 0 aromatic heterocycles. The Morgan fingerprint density at radius 2 is 2.04 bits per heavy atom. The number of rotatable bonds is 4. The van der Waals surface area contributed by atoms with Crippen LogP contribution < -0.4 is 5.32 Å². The molecular formula is C19H28N2O3. The minimum absolute atomic E-state index is 0.00618. The molecule has 132 valence electrons. The Morgan fingerprint density at radius 1 is 1.25 bits per heavy atom. The van der Waals surface area contributed by atoms with Gasteiger partial charge in [-0.2, -0.15) is 0 Å². The predicted octanol–water partition coefficient (Wildman–Crippen LogP) is 2.66. The van der Waals surface area contributed by atoms with E-state index < -0.39 is 5.60 Å². The van der Waals surface area contributed by atoms with Crippen LogP contribution in [-0.4, -0.2) is 46.4 Å². The normalized spacial score (nSPS) is 26.7. The van der Waals surface area contributed by atoms with Crippen molar-refractivity contribution in [3.63, 3.8) is 0 Å². The maximum atomic E-state index is 12.3. The number of amides is 2. The van der Waals surface area contributed by atoms with Gasteiger partial charge in [-0.25, -0.2) is 4.79 Å². The number of aliphatic hydroxyl groups is 1. The van der Waals surface area contributed by atoms with Crippen molar-refractivity contribution >= 4 is 6.03 Å². The van der Waals surface area contributed by atoms with Gasteiger partial charge < -0.3 is 20.4 Å². The third-order valence-corrected chi connectivity index (χ3v) is 5.57. The van der Waals surface area contributed by atoms with Crippen molar-refractivity contribution in [3.05, 3.63) is 29.8 Å². The first-order chi connectivity index (χ1) is 11.6. The van der Waals surface area contributed by atoms with E-state index in [4.69, 9.17) is 0 Å². The van der Waals surface area contributed by atoms with Gasteiger partial charge in [0.15, 0.2) is 0 Å². The third-order valence-electron chi connectivity index (χ3n) is 5.57. The highest BCUT2D eigenvalue weighted by molar-refractivity contribution is 5.74. The summed E-state index contributed by atoms with van der Waals surface area (Å²) in [6, 6.07) is 7.19. The van der Waals surface area contributed by atoms with Gasteiger partial charge in [-0.15, -0.1) is 0 Å². The second-order valence-electron chi connectivity index (χ2n) is 7.24. The van der Waals surface area contributed by atoms with E-state index in [0.29, 0.717) is 26.1 Å². The number of phenols is 1. The zero-order valence-electron chi connectivity index (χ0n) is 14.2. The molecule has 3 rings (SSSR count). The molecule has 5 nitrogen and oxygen atoms in total. The zero-order valence-corrected chi connectivity index (χ0v) is 14.2. The van der Waals surface area contributed by atoms with Crippen molar-refractivity contribution in [2.24, 2.45) is 5.92 Å². The van der Waals surface area contributed by atoms with Crippen molar-refractivity contribution in [1.82, 2.24) is 10.2 Å². The lowest BCUT2D eigenvalue weighted by molar-refractivity contribution is -0.0870. The number of likely N-dealkylation sites (tertiary alicyclic amines) is 1. The van der Waals surface area contributed by atoms with Gasteiger partial charge in [-0.05, 0) is 49.8 Å². The van der Waals surface area contributed by atoms with Crippen LogP contribution >= 0.6 is 0 Å². The maximum absolute atomic E-state index is 12.3. The number of hydrogen-bond donors (Lipinski definition) is 3. The van der Waals surface area contributed by atoms with Gasteiger partial charge in [0.1, 0.15) is 5.75 Å². The lowest BCUT2D eigenvalue weighted by atomic mass is 9.71. The fourth-order valence-electron chi connectivity index (χ4n) is 4.02. The molecule has 1 saturated heterocycles. The van der Waals surface area contributed by atoms with E-state index >= 15 is 0 Å². The van der Waals surface area contributed by atoms with Gasteiger partial charge in [0.05, 0.1) is 5.60 Å². The van der Waals surface area contributed by atoms with Gasteiger partial charge >= 0.3 is 6.03 Å². The van der Waals surface area contributed by atoms with Crippen molar-refractivity contribution in [3.8, 4) is 5.75 Å². The molecule has 2 atom stereocenters. The lowest BCUT2D eigenvalue weighted by Gasteiger charge is -2.47. The molecule has 3 N–H and O–H groups in total. The topological polar surface area (TPSA) is 72.8 Å². The van der Waals surface area contributed by atoms with Crippen molar-refractivity contribution in [1.29, 1.82) is 0 Å². The highest BCUT2D eigenvalue weighted by Gasteiger charge is 2.43. The van der Waals surface area contributed by atoms with Crippen LogP contribution in [0.25, 0.3) is 0 Å². The molecule has 1 saturated carbocycles. The molecular weight excluding hydrogens is 304 g/mol. The van der Waals surface area contributed by atoms with Crippen molar-refractivity contribution in [2.45, 2.75) is 50.5 Å². The number of fused-ring (bicyclic) bond motifs is 1. The van der Waals surface area contributed by atoms with E-state index in [-0.39, 0.29) is 17.7 Å². The summed E-state index contributed by atoms with van der Waals surface area (Å²) in [7, 11) is 0. The molecule has 2 fully saturated rings. The van der Waals surface area contributed by atoms with Gasteiger partial charge in [0.25, 0.3) is 0 Å². The Balaban J connectivity index is 1.40. The quantitative estimate of drug-likeness (QED) is 0.742. The number of benzene rings is 1. The minimum Gasteiger partial charge on any atom is -0.508 e. The summed E-state index contributed by atoms with van der Waals surface area (Å²) < 4.78 is 0. The minimum atomic E-state index is -0.534. The zero-order chi connectivity index (χ0) is 17.0. The van der Waals surface area contributed by atoms with Crippen LogP contribution in [0.4, 0.5) is 4.79 Å². The molecule has 2 unspecified atom stereocenters. The van der Waals surface area contributed by atoms with Crippen LogP contribution in [-0.2, 0) is 6.42 Å². The van der Waals surface area contributed by atoms with Crippen LogP contribution in [0.5, 0.6) is 5.75 Å². The van der Waals surface area contributed by atoms with E-state index in [1.54, 1.807) is 12.1 Å². The molecule has 5 heteroatoms. The summed E-state index contributed by atoms with van der Waals surface area (Å²) in [5.41, 5.74) is 0.626. The summed E-state index contributed by atoms with van der Waals surface area (Å²) in [6.07, 6.45) is 6.64. The molecule has 0 radical (unpaired) electrons. The van der Waals surface area contributed by atoms with Gasteiger partial charge in [0.2, 0.25) is 0 Å². The number of urea groups is 1. The second-order valence-corrected chi connectivity index (χ2v) is 7.24. The number of hydrogen-bond acceptors (Lipinski definition) is 3. The number of nitrogens with one attached hydrogen (secondary N) is 1. The third kappa shape index (κ3) is 4.01. The number of aromatic hydroxyl groups is 1. The molecule has 1 heterocycles. The number of carbonyl (C=O) groups is 1. The smallest absolute Gasteiger partial charge is 0.317 e. The Kier molecular flexibility index (Phi) is 5.29. The van der Waals surface area contributed by atoms with Crippen LogP contribution in [0.2, 0.25) is 0 Å². The average Bonchev–Trinajstić information content (AvgIpc) is 2.59. The Bertz CT molecular complexity index is 560. The summed E-state index contributed by atoms with van der Waals surface area (Å²) >= 11 is 0. The van der Waals surface area contributed by atoms with E-state index in [1.807, 2.05) is 17.0 Å². The van der Waals surface area contributed by atoms with E-state index in [0.717, 1.165) is 44.1 Å². The van der Waals surface area contributed by atoms with Crippen LogP contribution in [0, 0.1) is 5.92 Å². The largest absolute Gasteiger partial charge is 0.508 e. The van der Waals surface area contributed by atoms with E-state index in [9.17, 15) is 15.0 Å². The molecule has 2 aliphatic rings. The Labute approximate surface area is 143 Å². The molecule has 2 amide bonds. The number of nitrogens with zero attached hydrogens (tertiary/aromatic N) is 1. The molecule has 1 aliphatic carbocycles. The van der Waals surface area contributed by atoms with Crippen LogP contribution in [0.1, 0.15) is 44.1 Å². The predicted molar refractivity (Wildman–Crippen MR) is 92.9 cm³/mol. The lowest BCUT2D eigenvalue weighted by Crippen LogP contribution is -2.56. The van der Waals surface area contributed by atoms with Crippen molar-refractivity contribution < 1.29 is 15.0 Å². The Morgan fingerprint density at radius 3 is 2.83 bits per heavy atom. The number of carbonyl (C=O) groups excluding carboxylic acids is 1.